The Bertz CT molecular complexity index is 492. The molecular weight excluding hydrogens is 255 g/mol. The van der Waals surface area contributed by atoms with E-state index in [0.717, 1.165) is 6.07 Å². The molecule has 0 aliphatic heterocycles. The predicted molar refractivity (Wildman–Crippen MR) is 67.8 cm³/mol. The van der Waals surface area contributed by atoms with Crippen LogP contribution in [0.1, 0.15) is 37.0 Å². The zero-order valence-electron chi connectivity index (χ0n) is 10.3. The number of rotatable bonds is 4. The smallest absolute Gasteiger partial charge is 0.252 e. The number of nitrogens with one attached hydrogen (secondary N) is 1. The molecule has 5 heteroatoms. The summed E-state index contributed by atoms with van der Waals surface area (Å²) in [7, 11) is 0. The SMILES string of the molecule is CCC(C#N)(CC)NC(=O)c1ccc(Cl)c(F)c1. The van der Waals surface area contributed by atoms with E-state index in [9.17, 15) is 9.18 Å². The van der Waals surface area contributed by atoms with Gasteiger partial charge in [-0.25, -0.2) is 4.39 Å². The molecule has 0 heterocycles. The van der Waals surface area contributed by atoms with Crippen LogP contribution >= 0.6 is 11.6 Å². The van der Waals surface area contributed by atoms with Crippen LogP contribution in [0.2, 0.25) is 5.02 Å². The summed E-state index contributed by atoms with van der Waals surface area (Å²) < 4.78 is 13.2. The number of nitriles is 1. The molecule has 0 aromatic heterocycles. The van der Waals surface area contributed by atoms with Crippen molar-refractivity contribution in [2.24, 2.45) is 0 Å². The molecule has 0 unspecified atom stereocenters. The Balaban J connectivity index is 2.95. The minimum Gasteiger partial charge on any atom is -0.334 e. The van der Waals surface area contributed by atoms with Crippen LogP contribution in [0.15, 0.2) is 18.2 Å². The summed E-state index contributed by atoms with van der Waals surface area (Å²) in [4.78, 5) is 11.9. The highest BCUT2D eigenvalue weighted by molar-refractivity contribution is 6.30. The highest BCUT2D eigenvalue weighted by atomic mass is 35.5. The summed E-state index contributed by atoms with van der Waals surface area (Å²) in [5, 5.41) is 11.7. The van der Waals surface area contributed by atoms with Crippen LogP contribution < -0.4 is 5.32 Å². The van der Waals surface area contributed by atoms with Crippen molar-refractivity contribution < 1.29 is 9.18 Å². The molecule has 0 saturated carbocycles. The minimum absolute atomic E-state index is 0.0379. The first-order valence-corrected chi connectivity index (χ1v) is 6.04. The molecule has 0 fully saturated rings. The van der Waals surface area contributed by atoms with Crippen LogP contribution in [0.3, 0.4) is 0 Å². The van der Waals surface area contributed by atoms with E-state index in [1.54, 1.807) is 0 Å². The van der Waals surface area contributed by atoms with E-state index in [1.807, 2.05) is 13.8 Å². The topological polar surface area (TPSA) is 52.9 Å². The normalized spacial score (nSPS) is 10.8. The summed E-state index contributed by atoms with van der Waals surface area (Å²) in [6, 6.07) is 5.89. The second kappa shape index (κ2) is 5.83. The Morgan fingerprint density at radius 3 is 2.56 bits per heavy atom. The maximum Gasteiger partial charge on any atom is 0.252 e. The summed E-state index contributed by atoms with van der Waals surface area (Å²) in [5.74, 6) is -1.13. The first kappa shape index (κ1) is 14.5. The third kappa shape index (κ3) is 2.99. The predicted octanol–water partition coefficient (Wildman–Crippen LogP) is 3.29. The largest absolute Gasteiger partial charge is 0.334 e. The fourth-order valence-corrected chi connectivity index (χ4v) is 1.66. The molecule has 0 saturated heterocycles. The number of nitrogens with zero attached hydrogens (tertiary/aromatic N) is 1. The van der Waals surface area contributed by atoms with Crippen LogP contribution in [0.25, 0.3) is 0 Å². The van der Waals surface area contributed by atoms with Gasteiger partial charge in [-0.15, -0.1) is 0 Å². The summed E-state index contributed by atoms with van der Waals surface area (Å²) in [5.41, 5.74) is -0.758. The van der Waals surface area contributed by atoms with Crippen LogP contribution in [0.4, 0.5) is 4.39 Å². The van der Waals surface area contributed by atoms with Crippen LogP contribution in [0, 0.1) is 17.1 Å². The van der Waals surface area contributed by atoms with E-state index < -0.39 is 17.3 Å². The molecule has 1 N–H and O–H groups in total. The second-order valence-corrected chi connectivity index (χ2v) is 4.39. The molecule has 0 aliphatic rings. The van der Waals surface area contributed by atoms with Gasteiger partial charge in [-0.1, -0.05) is 25.4 Å². The van der Waals surface area contributed by atoms with E-state index in [1.165, 1.54) is 12.1 Å². The number of halogens is 2. The van der Waals surface area contributed by atoms with Gasteiger partial charge in [0.25, 0.3) is 5.91 Å². The van der Waals surface area contributed by atoms with E-state index in [2.05, 4.69) is 11.4 Å². The van der Waals surface area contributed by atoms with Gasteiger partial charge in [-0.3, -0.25) is 4.79 Å². The number of hydrogen-bond acceptors (Lipinski definition) is 2. The minimum atomic E-state index is -0.910. The quantitative estimate of drug-likeness (QED) is 0.911. The van der Waals surface area contributed by atoms with Crippen molar-refractivity contribution in [2.75, 3.05) is 0 Å². The monoisotopic (exact) mass is 268 g/mol. The average molecular weight is 269 g/mol. The maximum atomic E-state index is 13.2. The van der Waals surface area contributed by atoms with Gasteiger partial charge in [0.1, 0.15) is 11.4 Å². The zero-order valence-corrected chi connectivity index (χ0v) is 11.0. The summed E-state index contributed by atoms with van der Waals surface area (Å²) in [6.45, 7) is 3.63. The van der Waals surface area contributed by atoms with Gasteiger partial charge in [0.15, 0.2) is 0 Å². The Labute approximate surface area is 111 Å². The third-order valence-electron chi connectivity index (χ3n) is 2.96. The number of carbonyl (C=O) groups is 1. The van der Waals surface area contributed by atoms with Gasteiger partial charge in [0.2, 0.25) is 0 Å². The summed E-state index contributed by atoms with van der Waals surface area (Å²) >= 11 is 5.54. The molecule has 96 valence electrons. The molecule has 0 bridgehead atoms. The van der Waals surface area contributed by atoms with Gasteiger partial charge in [-0.2, -0.15) is 5.26 Å². The average Bonchev–Trinajstić information content (AvgIpc) is 2.39. The molecule has 0 spiro atoms. The first-order valence-electron chi connectivity index (χ1n) is 5.67. The lowest BCUT2D eigenvalue weighted by molar-refractivity contribution is 0.0915. The highest BCUT2D eigenvalue weighted by Gasteiger charge is 2.28. The fraction of sp³-hybridized carbons (Fsp3) is 0.385. The van der Waals surface area contributed by atoms with Gasteiger partial charge < -0.3 is 5.32 Å². The molecule has 0 radical (unpaired) electrons. The molecule has 3 nitrogen and oxygen atoms in total. The van der Waals surface area contributed by atoms with Crippen molar-refractivity contribution in [2.45, 2.75) is 32.2 Å². The Kier molecular flexibility index (Phi) is 4.69. The molecule has 0 aliphatic carbocycles. The van der Waals surface area contributed by atoms with Gasteiger partial charge >= 0.3 is 0 Å². The van der Waals surface area contributed by atoms with Crippen LogP contribution in [-0.4, -0.2) is 11.4 Å². The molecule has 18 heavy (non-hydrogen) atoms. The van der Waals surface area contributed by atoms with Gasteiger partial charge in [0, 0.05) is 5.56 Å². The Morgan fingerprint density at radius 1 is 1.50 bits per heavy atom. The van der Waals surface area contributed by atoms with Gasteiger partial charge in [-0.05, 0) is 31.0 Å². The van der Waals surface area contributed by atoms with E-state index in [0.29, 0.717) is 12.8 Å². The molecule has 0 atom stereocenters. The molecule has 1 aromatic carbocycles. The Hall–Kier alpha value is -1.60. The number of amides is 1. The third-order valence-corrected chi connectivity index (χ3v) is 3.26. The van der Waals surface area contributed by atoms with Crippen molar-refractivity contribution in [1.82, 2.24) is 5.32 Å². The molecule has 1 amide bonds. The molecule has 1 aromatic rings. The van der Waals surface area contributed by atoms with Crippen LogP contribution in [0.5, 0.6) is 0 Å². The van der Waals surface area contributed by atoms with E-state index in [-0.39, 0.29) is 10.6 Å². The molecular formula is C13H14ClFN2O. The van der Waals surface area contributed by atoms with Crippen molar-refractivity contribution in [3.05, 3.63) is 34.6 Å². The van der Waals surface area contributed by atoms with Gasteiger partial charge in [0.05, 0.1) is 11.1 Å². The standard InChI is InChI=1S/C13H14ClFN2O/c1-3-13(4-2,8-16)17-12(18)9-5-6-10(14)11(15)7-9/h5-7H,3-4H2,1-2H3,(H,17,18). The second-order valence-electron chi connectivity index (χ2n) is 3.98. The first-order chi connectivity index (χ1) is 8.48. The molecule has 1 rings (SSSR count). The van der Waals surface area contributed by atoms with Crippen molar-refractivity contribution in [3.63, 3.8) is 0 Å². The lowest BCUT2D eigenvalue weighted by Gasteiger charge is -2.24. The van der Waals surface area contributed by atoms with E-state index in [4.69, 9.17) is 16.9 Å². The highest BCUT2D eigenvalue weighted by Crippen LogP contribution is 2.18. The van der Waals surface area contributed by atoms with Crippen molar-refractivity contribution in [1.29, 1.82) is 5.26 Å². The summed E-state index contributed by atoms with van der Waals surface area (Å²) in [6.07, 6.45) is 0.976. The number of benzene rings is 1. The number of hydrogen-bond donors (Lipinski definition) is 1. The lowest BCUT2D eigenvalue weighted by Crippen LogP contribution is -2.46. The van der Waals surface area contributed by atoms with Crippen molar-refractivity contribution >= 4 is 17.5 Å². The maximum absolute atomic E-state index is 13.2. The zero-order chi connectivity index (χ0) is 13.8. The van der Waals surface area contributed by atoms with Crippen molar-refractivity contribution in [3.8, 4) is 6.07 Å². The fourth-order valence-electron chi connectivity index (χ4n) is 1.54. The Morgan fingerprint density at radius 2 is 2.11 bits per heavy atom. The van der Waals surface area contributed by atoms with E-state index >= 15 is 0 Å². The number of carbonyl (C=O) groups excluding carboxylic acids is 1. The van der Waals surface area contributed by atoms with Crippen LogP contribution in [-0.2, 0) is 0 Å². The lowest BCUT2D eigenvalue weighted by atomic mass is 9.94.